The number of carbonyl (C=O) groups is 2. The van der Waals surface area contributed by atoms with E-state index < -0.39 is 11.9 Å². The summed E-state index contributed by atoms with van der Waals surface area (Å²) in [5.41, 5.74) is 6.53. The second-order valence-corrected chi connectivity index (χ2v) is 4.58. The van der Waals surface area contributed by atoms with Gasteiger partial charge in [-0.05, 0) is 25.0 Å². The van der Waals surface area contributed by atoms with Gasteiger partial charge >= 0.3 is 5.97 Å². The lowest BCUT2D eigenvalue weighted by molar-refractivity contribution is -0.139. The Hall–Kier alpha value is -1.88. The largest absolute Gasteiger partial charge is 0.480 e. The van der Waals surface area contributed by atoms with Crippen LogP contribution in [0.15, 0.2) is 24.3 Å². The van der Waals surface area contributed by atoms with Gasteiger partial charge < -0.3 is 10.8 Å². The van der Waals surface area contributed by atoms with Crippen molar-refractivity contribution in [2.75, 3.05) is 6.54 Å². The molecule has 0 saturated carbocycles. The van der Waals surface area contributed by atoms with Gasteiger partial charge in [0.05, 0.1) is 6.54 Å². The Kier molecular flexibility index (Phi) is 5.51. The highest BCUT2D eigenvalue weighted by atomic mass is 16.4. The SMILES string of the molecule is CCC(C)N(CC(=O)O)Cc1ccccc1C(N)=O. The monoisotopic (exact) mass is 264 g/mol. The van der Waals surface area contributed by atoms with Crippen LogP contribution in [0.5, 0.6) is 0 Å². The van der Waals surface area contributed by atoms with Crippen molar-refractivity contribution in [2.24, 2.45) is 5.73 Å². The van der Waals surface area contributed by atoms with E-state index in [0.29, 0.717) is 12.1 Å². The smallest absolute Gasteiger partial charge is 0.317 e. The first kappa shape index (κ1) is 15.2. The molecule has 1 amide bonds. The summed E-state index contributed by atoms with van der Waals surface area (Å²) in [4.78, 5) is 24.1. The van der Waals surface area contributed by atoms with Crippen molar-refractivity contribution in [2.45, 2.75) is 32.9 Å². The molecule has 0 bridgehead atoms. The second kappa shape index (κ2) is 6.89. The minimum absolute atomic E-state index is 0.0535. The van der Waals surface area contributed by atoms with Crippen LogP contribution in [0.2, 0.25) is 0 Å². The molecule has 1 unspecified atom stereocenters. The molecule has 0 aliphatic carbocycles. The topological polar surface area (TPSA) is 83.6 Å². The molecule has 5 heteroatoms. The Balaban J connectivity index is 2.95. The molecule has 0 aliphatic heterocycles. The van der Waals surface area contributed by atoms with E-state index in [1.54, 1.807) is 18.2 Å². The maximum atomic E-state index is 11.4. The normalized spacial score (nSPS) is 12.4. The summed E-state index contributed by atoms with van der Waals surface area (Å²) in [6, 6.07) is 7.15. The average molecular weight is 264 g/mol. The Bertz CT molecular complexity index is 460. The molecule has 0 heterocycles. The molecule has 1 atom stereocenters. The van der Waals surface area contributed by atoms with Crippen LogP contribution in [0.25, 0.3) is 0 Å². The van der Waals surface area contributed by atoms with E-state index in [1.807, 2.05) is 24.8 Å². The third kappa shape index (κ3) is 4.37. The minimum atomic E-state index is -0.878. The standard InChI is InChI=1S/C14H20N2O3/c1-3-10(2)16(9-13(17)18)8-11-6-4-5-7-12(11)14(15)19/h4-7,10H,3,8-9H2,1-2H3,(H2,15,19)(H,17,18). The summed E-state index contributed by atoms with van der Waals surface area (Å²) < 4.78 is 0. The van der Waals surface area contributed by atoms with Crippen molar-refractivity contribution in [1.29, 1.82) is 0 Å². The van der Waals surface area contributed by atoms with Crippen molar-refractivity contribution < 1.29 is 14.7 Å². The Morgan fingerprint density at radius 1 is 1.37 bits per heavy atom. The summed E-state index contributed by atoms with van der Waals surface area (Å²) in [6.07, 6.45) is 0.839. The molecular formula is C14H20N2O3. The first-order chi connectivity index (χ1) is 8.95. The zero-order valence-electron chi connectivity index (χ0n) is 11.3. The van der Waals surface area contributed by atoms with Crippen molar-refractivity contribution in [3.05, 3.63) is 35.4 Å². The van der Waals surface area contributed by atoms with E-state index in [4.69, 9.17) is 10.8 Å². The van der Waals surface area contributed by atoms with Crippen molar-refractivity contribution in [3.63, 3.8) is 0 Å². The number of nitrogens with zero attached hydrogens (tertiary/aromatic N) is 1. The lowest BCUT2D eigenvalue weighted by atomic mass is 10.1. The number of carboxylic acid groups (broad SMARTS) is 1. The van der Waals surface area contributed by atoms with E-state index >= 15 is 0 Å². The molecule has 0 saturated heterocycles. The highest BCUT2D eigenvalue weighted by Crippen LogP contribution is 2.14. The van der Waals surface area contributed by atoms with Gasteiger partial charge in [0.15, 0.2) is 0 Å². The van der Waals surface area contributed by atoms with Crippen LogP contribution in [0, 0.1) is 0 Å². The van der Waals surface area contributed by atoms with Crippen LogP contribution >= 0.6 is 0 Å². The summed E-state index contributed by atoms with van der Waals surface area (Å²) in [5, 5.41) is 8.95. The molecule has 1 aromatic carbocycles. The average Bonchev–Trinajstić information content (AvgIpc) is 2.36. The van der Waals surface area contributed by atoms with E-state index in [1.165, 1.54) is 0 Å². The number of primary amides is 1. The third-order valence-corrected chi connectivity index (χ3v) is 3.21. The molecule has 0 fully saturated rings. The molecule has 0 radical (unpaired) electrons. The van der Waals surface area contributed by atoms with Crippen LogP contribution in [0.1, 0.15) is 36.2 Å². The van der Waals surface area contributed by atoms with Crippen molar-refractivity contribution in [1.82, 2.24) is 4.90 Å². The Morgan fingerprint density at radius 2 is 2.00 bits per heavy atom. The first-order valence-corrected chi connectivity index (χ1v) is 6.29. The van der Waals surface area contributed by atoms with Gasteiger partial charge in [0.25, 0.3) is 0 Å². The number of carbonyl (C=O) groups excluding carboxylic acids is 1. The van der Waals surface area contributed by atoms with Crippen LogP contribution in [0.4, 0.5) is 0 Å². The van der Waals surface area contributed by atoms with E-state index in [9.17, 15) is 9.59 Å². The second-order valence-electron chi connectivity index (χ2n) is 4.58. The molecule has 104 valence electrons. The van der Waals surface area contributed by atoms with Gasteiger partial charge in [-0.2, -0.15) is 0 Å². The molecule has 0 aromatic heterocycles. The molecule has 0 spiro atoms. The van der Waals surface area contributed by atoms with Gasteiger partial charge in [0, 0.05) is 18.2 Å². The van der Waals surface area contributed by atoms with Crippen LogP contribution in [-0.4, -0.2) is 34.5 Å². The highest BCUT2D eigenvalue weighted by Gasteiger charge is 2.18. The molecule has 0 aliphatic rings. The quantitative estimate of drug-likeness (QED) is 0.781. The fourth-order valence-corrected chi connectivity index (χ4v) is 1.92. The maximum absolute atomic E-state index is 11.4. The lowest BCUT2D eigenvalue weighted by Crippen LogP contribution is -2.37. The molecule has 3 N–H and O–H groups in total. The Morgan fingerprint density at radius 3 is 2.53 bits per heavy atom. The number of hydrogen-bond donors (Lipinski definition) is 2. The maximum Gasteiger partial charge on any atom is 0.317 e. The number of hydrogen-bond acceptors (Lipinski definition) is 3. The number of amides is 1. The number of carboxylic acids is 1. The van der Waals surface area contributed by atoms with Gasteiger partial charge in [0.2, 0.25) is 5.91 Å². The van der Waals surface area contributed by atoms with Gasteiger partial charge in [-0.25, -0.2) is 0 Å². The predicted octanol–water partition coefficient (Wildman–Crippen LogP) is 1.47. The van der Waals surface area contributed by atoms with Gasteiger partial charge in [-0.1, -0.05) is 25.1 Å². The summed E-state index contributed by atoms with van der Waals surface area (Å²) in [7, 11) is 0. The first-order valence-electron chi connectivity index (χ1n) is 6.29. The predicted molar refractivity (Wildman–Crippen MR) is 72.8 cm³/mol. The van der Waals surface area contributed by atoms with Crippen LogP contribution in [0.3, 0.4) is 0 Å². The van der Waals surface area contributed by atoms with Crippen LogP contribution < -0.4 is 5.73 Å². The zero-order valence-corrected chi connectivity index (χ0v) is 11.3. The third-order valence-electron chi connectivity index (χ3n) is 3.21. The van der Waals surface area contributed by atoms with Gasteiger partial charge in [-0.3, -0.25) is 14.5 Å². The van der Waals surface area contributed by atoms with E-state index in [2.05, 4.69) is 0 Å². The minimum Gasteiger partial charge on any atom is -0.480 e. The number of nitrogens with two attached hydrogens (primary N) is 1. The molecule has 5 nitrogen and oxygen atoms in total. The molecule has 1 rings (SSSR count). The summed E-state index contributed by atoms with van der Waals surface area (Å²) >= 11 is 0. The number of rotatable bonds is 7. The zero-order chi connectivity index (χ0) is 14.4. The van der Waals surface area contributed by atoms with Crippen LogP contribution in [-0.2, 0) is 11.3 Å². The lowest BCUT2D eigenvalue weighted by Gasteiger charge is -2.27. The number of aliphatic carboxylic acids is 1. The van der Waals surface area contributed by atoms with Gasteiger partial charge in [0.1, 0.15) is 0 Å². The summed E-state index contributed by atoms with van der Waals surface area (Å²) in [5.74, 6) is -1.37. The van der Waals surface area contributed by atoms with E-state index in [-0.39, 0.29) is 12.6 Å². The van der Waals surface area contributed by atoms with Crippen molar-refractivity contribution >= 4 is 11.9 Å². The fourth-order valence-electron chi connectivity index (χ4n) is 1.92. The summed E-state index contributed by atoms with van der Waals surface area (Å²) in [6.45, 7) is 4.32. The fraction of sp³-hybridized carbons (Fsp3) is 0.429. The van der Waals surface area contributed by atoms with E-state index in [0.717, 1.165) is 12.0 Å². The van der Waals surface area contributed by atoms with Crippen molar-refractivity contribution in [3.8, 4) is 0 Å². The highest BCUT2D eigenvalue weighted by molar-refractivity contribution is 5.94. The molecule has 19 heavy (non-hydrogen) atoms. The Labute approximate surface area is 113 Å². The number of benzene rings is 1. The molecular weight excluding hydrogens is 244 g/mol. The molecule has 1 aromatic rings. The van der Waals surface area contributed by atoms with Gasteiger partial charge in [-0.15, -0.1) is 0 Å².